The number of fused-ring (bicyclic) bond motifs is 7. The smallest absolute Gasteiger partial charge is 0.447 e. The van der Waals surface area contributed by atoms with Crippen LogP contribution in [0.1, 0.15) is 80.1 Å². The summed E-state index contributed by atoms with van der Waals surface area (Å²) in [5, 5.41) is 20.9. The Morgan fingerprint density at radius 3 is 2.43 bits per heavy atom. The second-order valence-electron chi connectivity index (χ2n) is 15.5. The molecule has 12 atom stereocenters. The first kappa shape index (κ1) is 31.2. The number of hydrogen-bond acceptors (Lipinski definition) is 8. The van der Waals surface area contributed by atoms with E-state index in [2.05, 4.69) is 20.8 Å². The van der Waals surface area contributed by atoms with Crippen molar-refractivity contribution in [2.45, 2.75) is 110 Å². The lowest BCUT2D eigenvalue weighted by atomic mass is 9.44. The van der Waals surface area contributed by atoms with Gasteiger partial charge in [0, 0.05) is 28.1 Å². The number of aliphatic hydroxyl groups is 1. The molecule has 1 unspecified atom stereocenters. The topological polar surface area (TPSA) is 123 Å². The molecule has 6 aliphatic carbocycles. The number of carbonyl (C=O) groups is 3. The number of allylic oxidation sites excluding steroid dienone is 4. The zero-order valence-corrected chi connectivity index (χ0v) is 26.3. The zero-order chi connectivity index (χ0) is 32.3. The van der Waals surface area contributed by atoms with E-state index in [4.69, 9.17) is 14.2 Å². The van der Waals surface area contributed by atoms with Crippen LogP contribution in [0.25, 0.3) is 0 Å². The monoisotopic (exact) mass is 615 g/mol. The highest BCUT2D eigenvalue weighted by atomic mass is 19.1. The lowest BCUT2D eigenvalue weighted by Gasteiger charge is -2.62. The van der Waals surface area contributed by atoms with Gasteiger partial charge in [-0.3, -0.25) is 4.79 Å². The van der Waals surface area contributed by atoms with E-state index in [0.29, 0.717) is 12.3 Å². The molecule has 0 aromatic heterocycles. The second kappa shape index (κ2) is 9.60. The molecule has 44 heavy (non-hydrogen) atoms. The molecule has 10 heteroatoms. The van der Waals surface area contributed by atoms with Crippen molar-refractivity contribution in [3.05, 3.63) is 23.8 Å². The first-order valence-electron chi connectivity index (χ1n) is 15.8. The highest BCUT2D eigenvalue weighted by Crippen LogP contribution is 2.72. The molecule has 0 amide bonds. The number of hydrogen-bond donors (Lipinski definition) is 1. The van der Waals surface area contributed by atoms with Crippen LogP contribution in [-0.4, -0.2) is 59.3 Å². The van der Waals surface area contributed by atoms with Gasteiger partial charge in [-0.15, -0.1) is 0 Å². The number of rotatable bonds is 4. The van der Waals surface area contributed by atoms with Gasteiger partial charge >= 0.3 is 12.1 Å². The molecule has 6 rings (SSSR count). The van der Waals surface area contributed by atoms with Gasteiger partial charge in [-0.2, -0.15) is 5.26 Å². The van der Waals surface area contributed by atoms with E-state index in [1.54, 1.807) is 19.9 Å². The number of aliphatic hydroxyl groups excluding tert-OH is 1. The normalized spacial score (nSPS) is 49.7. The quantitative estimate of drug-likeness (QED) is 0.398. The number of ketones is 1. The fourth-order valence-electron chi connectivity index (χ4n) is 11.0. The molecular formula is C34H43F2NO7. The van der Waals surface area contributed by atoms with Gasteiger partial charge in [0.05, 0.1) is 6.10 Å². The van der Waals surface area contributed by atoms with Crippen LogP contribution in [0.2, 0.25) is 0 Å². The molecule has 6 aliphatic rings. The largest absolute Gasteiger partial charge is 0.509 e. The average molecular weight is 616 g/mol. The van der Waals surface area contributed by atoms with E-state index in [9.17, 15) is 24.8 Å². The van der Waals surface area contributed by atoms with E-state index in [-0.39, 0.29) is 35.7 Å². The fourth-order valence-corrected chi connectivity index (χ4v) is 11.0. The molecule has 2 bridgehead atoms. The van der Waals surface area contributed by atoms with Crippen LogP contribution < -0.4 is 0 Å². The standard InChI is InChI=1S/C34H43F2NO7/c1-18-13-21-22-16-24(35)23-15-20(38)8-10-30(23,4)33(22,36)25(39)17-32(21,6)34(18,27(40)42-12-11-37)44-28(41)43-26-14-19-7-9-31(26,5)29(19,2)3/h8,10,15,18-19,21-22,24-26,39H,7,9,12-14,16-17H2,1-6H3/t18-,19+,21+,22+,24+,25+,26-,30+,31-,32+,33?,34-/m1/s1. The van der Waals surface area contributed by atoms with Crippen molar-refractivity contribution in [3.63, 3.8) is 0 Å². The van der Waals surface area contributed by atoms with Crippen LogP contribution in [0, 0.1) is 56.7 Å². The number of ether oxygens (including phenoxy) is 3. The Morgan fingerprint density at radius 2 is 1.82 bits per heavy atom. The molecule has 0 spiro atoms. The Hall–Kier alpha value is -2.80. The van der Waals surface area contributed by atoms with Gasteiger partial charge in [-0.25, -0.2) is 18.4 Å². The summed E-state index contributed by atoms with van der Waals surface area (Å²) in [6, 6.07) is 1.77. The van der Waals surface area contributed by atoms with Gasteiger partial charge in [-0.05, 0) is 80.4 Å². The van der Waals surface area contributed by atoms with Gasteiger partial charge in [0.15, 0.2) is 18.1 Å². The van der Waals surface area contributed by atoms with Crippen LogP contribution in [0.5, 0.6) is 0 Å². The summed E-state index contributed by atoms with van der Waals surface area (Å²) in [4.78, 5) is 39.9. The van der Waals surface area contributed by atoms with Crippen molar-refractivity contribution in [1.29, 1.82) is 5.26 Å². The molecule has 8 nitrogen and oxygen atoms in total. The Bertz CT molecular complexity index is 1400. The Balaban J connectivity index is 1.38. The van der Waals surface area contributed by atoms with Crippen LogP contribution >= 0.6 is 0 Å². The van der Waals surface area contributed by atoms with Crippen molar-refractivity contribution in [2.75, 3.05) is 6.61 Å². The van der Waals surface area contributed by atoms with Crippen LogP contribution in [-0.2, 0) is 23.8 Å². The molecule has 5 saturated carbocycles. The summed E-state index contributed by atoms with van der Waals surface area (Å²) in [6.07, 6.45) is 1.02. The van der Waals surface area contributed by atoms with Crippen molar-refractivity contribution < 1.29 is 42.5 Å². The minimum Gasteiger partial charge on any atom is -0.447 e. The Morgan fingerprint density at radius 1 is 1.11 bits per heavy atom. The molecule has 0 aromatic rings. The predicted octanol–water partition coefficient (Wildman–Crippen LogP) is 5.72. The SMILES string of the molecule is C[C@@H]1C[C@H]2[C@@H]3C[C@H](F)C4=CC(=O)C=C[C@]4(C)C3(F)[C@@H](O)C[C@]2(C)[C@]1(OC(=O)O[C@@H]1C[C@@H]2CC[C@@]1(C)C2(C)C)C(=O)OCC#N. The predicted molar refractivity (Wildman–Crippen MR) is 153 cm³/mol. The first-order chi connectivity index (χ1) is 20.4. The van der Waals surface area contributed by atoms with Gasteiger partial charge in [0.25, 0.3) is 0 Å². The first-order valence-corrected chi connectivity index (χ1v) is 15.8. The maximum Gasteiger partial charge on any atom is 0.509 e. The Labute approximate surface area is 257 Å². The third kappa shape index (κ3) is 3.59. The van der Waals surface area contributed by atoms with Gasteiger partial charge in [-0.1, -0.05) is 40.7 Å². The van der Waals surface area contributed by atoms with E-state index >= 15 is 8.78 Å². The highest BCUT2D eigenvalue weighted by Gasteiger charge is 2.79. The molecule has 1 N–H and O–H groups in total. The summed E-state index contributed by atoms with van der Waals surface area (Å²) in [5.74, 6) is -3.55. The minimum atomic E-state index is -2.36. The summed E-state index contributed by atoms with van der Waals surface area (Å²) >= 11 is 0. The number of esters is 1. The van der Waals surface area contributed by atoms with Crippen LogP contribution in [0.15, 0.2) is 23.8 Å². The third-order valence-electron chi connectivity index (χ3n) is 13.9. The summed E-state index contributed by atoms with van der Waals surface area (Å²) in [6.45, 7) is 10.7. The van der Waals surface area contributed by atoms with Crippen molar-refractivity contribution in [2.24, 2.45) is 45.3 Å². The van der Waals surface area contributed by atoms with Crippen LogP contribution in [0.4, 0.5) is 13.6 Å². The number of nitriles is 1. The van der Waals surface area contributed by atoms with E-state index < -0.39 is 82.7 Å². The lowest BCUT2D eigenvalue weighted by molar-refractivity contribution is -0.234. The molecule has 0 saturated heterocycles. The van der Waals surface area contributed by atoms with Gasteiger partial charge < -0.3 is 19.3 Å². The van der Waals surface area contributed by atoms with E-state index in [1.807, 2.05) is 0 Å². The van der Waals surface area contributed by atoms with Crippen molar-refractivity contribution in [1.82, 2.24) is 0 Å². The van der Waals surface area contributed by atoms with Crippen molar-refractivity contribution >= 4 is 17.9 Å². The summed E-state index contributed by atoms with van der Waals surface area (Å²) in [7, 11) is 0. The van der Waals surface area contributed by atoms with E-state index in [1.165, 1.54) is 19.1 Å². The van der Waals surface area contributed by atoms with Gasteiger partial charge in [0.2, 0.25) is 5.60 Å². The number of nitrogens with zero attached hydrogens (tertiary/aromatic N) is 1. The molecule has 0 aromatic carbocycles. The van der Waals surface area contributed by atoms with Crippen molar-refractivity contribution in [3.8, 4) is 6.07 Å². The average Bonchev–Trinajstić information content (AvgIpc) is 3.39. The maximum atomic E-state index is 17.6. The molecule has 5 fully saturated rings. The zero-order valence-electron chi connectivity index (χ0n) is 26.3. The lowest BCUT2D eigenvalue weighted by Crippen LogP contribution is -2.71. The van der Waals surface area contributed by atoms with Gasteiger partial charge in [0.1, 0.15) is 18.3 Å². The molecule has 0 aliphatic heterocycles. The maximum absolute atomic E-state index is 17.6. The number of alkyl halides is 2. The van der Waals surface area contributed by atoms with Crippen LogP contribution in [0.3, 0.4) is 0 Å². The highest BCUT2D eigenvalue weighted by molar-refractivity contribution is 6.01. The molecule has 0 radical (unpaired) electrons. The third-order valence-corrected chi connectivity index (χ3v) is 13.9. The molecule has 0 heterocycles. The van der Waals surface area contributed by atoms with E-state index in [0.717, 1.165) is 18.9 Å². The number of halogens is 2. The summed E-state index contributed by atoms with van der Waals surface area (Å²) < 4.78 is 51.0. The second-order valence-corrected chi connectivity index (χ2v) is 15.5. The molecular weight excluding hydrogens is 572 g/mol. The Kier molecular flexibility index (Phi) is 6.81. The molecule has 240 valence electrons. The fraction of sp³-hybridized carbons (Fsp3) is 0.765. The minimum absolute atomic E-state index is 0.000694. The number of carbonyl (C=O) groups excluding carboxylic acids is 3. The summed E-state index contributed by atoms with van der Waals surface area (Å²) in [5.41, 5.74) is -7.70.